The van der Waals surface area contributed by atoms with Gasteiger partial charge in [-0.15, -0.1) is 0 Å². The maximum Gasteiger partial charge on any atom is 0.251 e. The van der Waals surface area contributed by atoms with E-state index >= 15 is 0 Å². The molecule has 1 aliphatic rings. The lowest BCUT2D eigenvalue weighted by Crippen LogP contribution is -2.33. The summed E-state index contributed by atoms with van der Waals surface area (Å²) in [7, 11) is 1.64. The highest BCUT2D eigenvalue weighted by atomic mass is 16.5. The molecule has 0 spiro atoms. The van der Waals surface area contributed by atoms with Crippen molar-refractivity contribution in [2.45, 2.75) is 32.6 Å². The number of piperidine rings is 1. The SMILES string of the molecule is COc1ccc(C(=O)NCCCN2CCCCC2)cc1C. The fraction of sp³-hybridized carbons (Fsp3) is 0.588. The summed E-state index contributed by atoms with van der Waals surface area (Å²) in [5, 5.41) is 3.00. The molecule has 0 aromatic heterocycles. The van der Waals surface area contributed by atoms with Crippen LogP contribution < -0.4 is 10.1 Å². The molecular weight excluding hydrogens is 264 g/mol. The van der Waals surface area contributed by atoms with E-state index in [9.17, 15) is 4.79 Å². The van der Waals surface area contributed by atoms with Crippen LogP contribution in [0.15, 0.2) is 18.2 Å². The van der Waals surface area contributed by atoms with E-state index in [2.05, 4.69) is 10.2 Å². The molecule has 1 aromatic carbocycles. The quantitative estimate of drug-likeness (QED) is 0.819. The minimum Gasteiger partial charge on any atom is -0.496 e. The lowest BCUT2D eigenvalue weighted by atomic mass is 10.1. The van der Waals surface area contributed by atoms with Crippen LogP contribution in [-0.4, -0.2) is 44.1 Å². The number of hydrogen-bond donors (Lipinski definition) is 1. The molecule has 0 bridgehead atoms. The second-order valence-electron chi connectivity index (χ2n) is 5.70. The van der Waals surface area contributed by atoms with Crippen LogP contribution in [0.5, 0.6) is 5.75 Å². The Morgan fingerprint density at radius 3 is 2.71 bits per heavy atom. The highest BCUT2D eigenvalue weighted by Gasteiger charge is 2.10. The second-order valence-corrected chi connectivity index (χ2v) is 5.70. The lowest BCUT2D eigenvalue weighted by Gasteiger charge is -2.26. The van der Waals surface area contributed by atoms with Gasteiger partial charge >= 0.3 is 0 Å². The fourth-order valence-electron chi connectivity index (χ4n) is 2.81. The Balaban J connectivity index is 1.72. The van der Waals surface area contributed by atoms with E-state index in [0.717, 1.165) is 30.8 Å². The first-order chi connectivity index (χ1) is 10.2. The van der Waals surface area contributed by atoms with Crippen LogP contribution in [0, 0.1) is 6.92 Å². The molecule has 0 atom stereocenters. The number of likely N-dealkylation sites (tertiary alicyclic amines) is 1. The summed E-state index contributed by atoms with van der Waals surface area (Å²) in [6.45, 7) is 6.20. The van der Waals surface area contributed by atoms with Crippen molar-refractivity contribution in [2.24, 2.45) is 0 Å². The average molecular weight is 290 g/mol. The predicted molar refractivity (Wildman–Crippen MR) is 85.0 cm³/mol. The molecule has 1 heterocycles. The molecule has 1 amide bonds. The molecular formula is C17H26N2O2. The van der Waals surface area contributed by atoms with E-state index in [4.69, 9.17) is 4.74 Å². The predicted octanol–water partition coefficient (Wildman–Crippen LogP) is 2.61. The van der Waals surface area contributed by atoms with Gasteiger partial charge in [-0.2, -0.15) is 0 Å². The molecule has 4 heteroatoms. The van der Waals surface area contributed by atoms with Gasteiger partial charge in [0.25, 0.3) is 5.91 Å². The van der Waals surface area contributed by atoms with Gasteiger partial charge in [0.2, 0.25) is 0 Å². The third kappa shape index (κ3) is 4.74. The molecule has 4 nitrogen and oxygen atoms in total. The Kier molecular flexibility index (Phi) is 6.05. The Morgan fingerprint density at radius 2 is 2.05 bits per heavy atom. The van der Waals surface area contributed by atoms with Crippen molar-refractivity contribution in [1.29, 1.82) is 0 Å². The van der Waals surface area contributed by atoms with Gasteiger partial charge in [-0.05, 0) is 69.6 Å². The number of aryl methyl sites for hydroxylation is 1. The molecule has 1 aliphatic heterocycles. The standard InChI is InChI=1S/C17H26N2O2/c1-14-13-15(7-8-16(14)21-2)17(20)18-9-6-12-19-10-4-3-5-11-19/h7-8,13H,3-6,9-12H2,1-2H3,(H,18,20). The van der Waals surface area contributed by atoms with E-state index in [-0.39, 0.29) is 5.91 Å². The summed E-state index contributed by atoms with van der Waals surface area (Å²) in [5.74, 6) is 0.816. The van der Waals surface area contributed by atoms with Gasteiger partial charge in [-0.1, -0.05) is 6.42 Å². The zero-order valence-electron chi connectivity index (χ0n) is 13.2. The summed E-state index contributed by atoms with van der Waals surface area (Å²) >= 11 is 0. The monoisotopic (exact) mass is 290 g/mol. The Hall–Kier alpha value is -1.55. The maximum atomic E-state index is 12.1. The zero-order valence-corrected chi connectivity index (χ0v) is 13.2. The third-order valence-electron chi connectivity index (χ3n) is 4.04. The van der Waals surface area contributed by atoms with Crippen LogP contribution in [0.2, 0.25) is 0 Å². The number of carbonyl (C=O) groups is 1. The van der Waals surface area contributed by atoms with Crippen molar-refractivity contribution in [1.82, 2.24) is 10.2 Å². The molecule has 116 valence electrons. The molecule has 2 rings (SSSR count). The van der Waals surface area contributed by atoms with Gasteiger partial charge in [0.1, 0.15) is 5.75 Å². The van der Waals surface area contributed by atoms with Gasteiger partial charge in [0.05, 0.1) is 7.11 Å². The number of nitrogens with zero attached hydrogens (tertiary/aromatic N) is 1. The Bertz CT molecular complexity index is 468. The highest BCUT2D eigenvalue weighted by molar-refractivity contribution is 5.94. The molecule has 1 fully saturated rings. The third-order valence-corrected chi connectivity index (χ3v) is 4.04. The van der Waals surface area contributed by atoms with Crippen molar-refractivity contribution < 1.29 is 9.53 Å². The van der Waals surface area contributed by atoms with E-state index in [1.165, 1.54) is 32.4 Å². The first-order valence-corrected chi connectivity index (χ1v) is 7.86. The van der Waals surface area contributed by atoms with Crippen molar-refractivity contribution in [3.05, 3.63) is 29.3 Å². The summed E-state index contributed by atoms with van der Waals surface area (Å²) in [5.41, 5.74) is 1.68. The number of ether oxygens (including phenoxy) is 1. The number of amides is 1. The van der Waals surface area contributed by atoms with Gasteiger partial charge < -0.3 is 15.0 Å². The molecule has 0 saturated carbocycles. The van der Waals surface area contributed by atoms with Crippen molar-refractivity contribution >= 4 is 5.91 Å². The topological polar surface area (TPSA) is 41.6 Å². The molecule has 0 radical (unpaired) electrons. The van der Waals surface area contributed by atoms with E-state index in [0.29, 0.717) is 5.56 Å². The number of benzene rings is 1. The highest BCUT2D eigenvalue weighted by Crippen LogP contribution is 2.18. The molecule has 21 heavy (non-hydrogen) atoms. The lowest BCUT2D eigenvalue weighted by molar-refractivity contribution is 0.0951. The summed E-state index contributed by atoms with van der Waals surface area (Å²) in [6.07, 6.45) is 5.01. The summed E-state index contributed by atoms with van der Waals surface area (Å²) < 4.78 is 5.21. The van der Waals surface area contributed by atoms with Crippen molar-refractivity contribution in [3.63, 3.8) is 0 Å². The number of hydrogen-bond acceptors (Lipinski definition) is 3. The van der Waals surface area contributed by atoms with Crippen molar-refractivity contribution in [3.8, 4) is 5.75 Å². The molecule has 1 saturated heterocycles. The van der Waals surface area contributed by atoms with E-state index < -0.39 is 0 Å². The number of methoxy groups -OCH3 is 1. The first kappa shape index (κ1) is 15.8. The molecule has 1 N–H and O–H groups in total. The Labute approximate surface area is 127 Å². The Morgan fingerprint density at radius 1 is 1.29 bits per heavy atom. The van der Waals surface area contributed by atoms with E-state index in [1.54, 1.807) is 7.11 Å². The summed E-state index contributed by atoms with van der Waals surface area (Å²) in [4.78, 5) is 14.6. The van der Waals surface area contributed by atoms with E-state index in [1.807, 2.05) is 25.1 Å². The minimum absolute atomic E-state index is 0.000558. The first-order valence-electron chi connectivity index (χ1n) is 7.86. The van der Waals surface area contributed by atoms with Crippen LogP contribution in [0.25, 0.3) is 0 Å². The van der Waals surface area contributed by atoms with Crippen LogP contribution in [0.1, 0.15) is 41.6 Å². The zero-order chi connectivity index (χ0) is 15.1. The van der Waals surface area contributed by atoms with Gasteiger partial charge in [-0.25, -0.2) is 0 Å². The van der Waals surface area contributed by atoms with Gasteiger partial charge in [0, 0.05) is 12.1 Å². The second kappa shape index (κ2) is 8.03. The average Bonchev–Trinajstić information content (AvgIpc) is 2.52. The van der Waals surface area contributed by atoms with Crippen molar-refractivity contribution in [2.75, 3.05) is 33.3 Å². The number of rotatable bonds is 6. The molecule has 0 aliphatic carbocycles. The summed E-state index contributed by atoms with van der Waals surface area (Å²) in [6, 6.07) is 5.53. The van der Waals surface area contributed by atoms with Gasteiger partial charge in [0.15, 0.2) is 0 Å². The largest absolute Gasteiger partial charge is 0.496 e. The maximum absolute atomic E-state index is 12.1. The normalized spacial score (nSPS) is 15.7. The van der Waals surface area contributed by atoms with Crippen LogP contribution in [0.4, 0.5) is 0 Å². The minimum atomic E-state index is -0.000558. The van der Waals surface area contributed by atoms with Crippen LogP contribution >= 0.6 is 0 Å². The van der Waals surface area contributed by atoms with Crippen LogP contribution in [-0.2, 0) is 0 Å². The van der Waals surface area contributed by atoms with Gasteiger partial charge in [-0.3, -0.25) is 4.79 Å². The fourth-order valence-corrected chi connectivity index (χ4v) is 2.81. The smallest absolute Gasteiger partial charge is 0.251 e. The number of nitrogens with one attached hydrogen (secondary N) is 1. The number of carbonyl (C=O) groups excluding carboxylic acids is 1. The van der Waals surface area contributed by atoms with Crippen LogP contribution in [0.3, 0.4) is 0 Å². The molecule has 1 aromatic rings. The molecule has 0 unspecified atom stereocenters.